The lowest BCUT2D eigenvalue weighted by Crippen LogP contribution is -1.99. The van der Waals surface area contributed by atoms with E-state index < -0.39 is 0 Å². The van der Waals surface area contributed by atoms with Crippen LogP contribution >= 0.6 is 0 Å². The molecule has 0 amide bonds. The van der Waals surface area contributed by atoms with Gasteiger partial charge >= 0.3 is 0 Å². The van der Waals surface area contributed by atoms with Gasteiger partial charge in [-0.2, -0.15) is 5.10 Å². The fraction of sp³-hybridized carbons (Fsp3) is 0.154. The Morgan fingerprint density at radius 2 is 2.11 bits per heavy atom. The first-order valence-electron chi connectivity index (χ1n) is 5.58. The number of hydrogen-bond donors (Lipinski definition) is 0. The van der Waals surface area contributed by atoms with E-state index in [9.17, 15) is 0 Å². The SMILES string of the molecule is COc1ccc2nc(-n3cncn3)cc(C)c2c1. The van der Waals surface area contributed by atoms with Crippen LogP contribution in [0.25, 0.3) is 16.7 Å². The van der Waals surface area contributed by atoms with Crippen molar-refractivity contribution in [2.24, 2.45) is 0 Å². The molecule has 3 aromatic rings. The summed E-state index contributed by atoms with van der Waals surface area (Å²) in [6, 6.07) is 7.82. The van der Waals surface area contributed by atoms with Gasteiger partial charge in [0.05, 0.1) is 12.6 Å². The molecule has 0 atom stereocenters. The Labute approximate surface area is 104 Å². The molecule has 0 aliphatic rings. The molecule has 0 N–H and O–H groups in total. The molecule has 5 heteroatoms. The number of hydrogen-bond acceptors (Lipinski definition) is 4. The summed E-state index contributed by atoms with van der Waals surface area (Å²) in [6.07, 6.45) is 3.13. The van der Waals surface area contributed by atoms with Crippen LogP contribution in [0.4, 0.5) is 0 Å². The third-order valence-electron chi connectivity index (χ3n) is 2.86. The van der Waals surface area contributed by atoms with Crippen LogP contribution in [0.2, 0.25) is 0 Å². The molecule has 5 nitrogen and oxygen atoms in total. The predicted molar refractivity (Wildman–Crippen MR) is 67.9 cm³/mol. The number of pyridine rings is 1. The minimum atomic E-state index is 0.766. The minimum Gasteiger partial charge on any atom is -0.497 e. The number of ether oxygens (including phenoxy) is 1. The van der Waals surface area contributed by atoms with Gasteiger partial charge in [0.25, 0.3) is 0 Å². The normalized spacial score (nSPS) is 10.8. The largest absolute Gasteiger partial charge is 0.497 e. The molecule has 2 heterocycles. The Hall–Kier alpha value is -2.43. The Morgan fingerprint density at radius 1 is 1.22 bits per heavy atom. The first kappa shape index (κ1) is 10.7. The van der Waals surface area contributed by atoms with Crippen molar-refractivity contribution in [3.05, 3.63) is 42.5 Å². The monoisotopic (exact) mass is 240 g/mol. The van der Waals surface area contributed by atoms with Crippen LogP contribution < -0.4 is 4.74 Å². The molecule has 0 unspecified atom stereocenters. The van der Waals surface area contributed by atoms with E-state index in [2.05, 4.69) is 15.1 Å². The van der Waals surface area contributed by atoms with Crippen molar-refractivity contribution in [2.75, 3.05) is 7.11 Å². The molecule has 18 heavy (non-hydrogen) atoms. The Morgan fingerprint density at radius 3 is 2.83 bits per heavy atom. The standard InChI is InChI=1S/C13H12N4O/c1-9-5-13(17-8-14-7-15-17)16-12-4-3-10(18-2)6-11(9)12/h3-8H,1-2H3. The van der Waals surface area contributed by atoms with E-state index in [4.69, 9.17) is 4.74 Å². The van der Waals surface area contributed by atoms with Crippen molar-refractivity contribution in [1.82, 2.24) is 19.7 Å². The number of aryl methyl sites for hydroxylation is 1. The van der Waals surface area contributed by atoms with Crippen molar-refractivity contribution in [1.29, 1.82) is 0 Å². The highest BCUT2D eigenvalue weighted by Crippen LogP contribution is 2.23. The molecule has 0 bridgehead atoms. The lowest BCUT2D eigenvalue weighted by atomic mass is 10.1. The van der Waals surface area contributed by atoms with Gasteiger partial charge in [-0.05, 0) is 36.8 Å². The third kappa shape index (κ3) is 1.69. The topological polar surface area (TPSA) is 52.8 Å². The molecular weight excluding hydrogens is 228 g/mol. The number of benzene rings is 1. The first-order valence-corrected chi connectivity index (χ1v) is 5.58. The summed E-state index contributed by atoms with van der Waals surface area (Å²) in [5, 5.41) is 5.17. The maximum Gasteiger partial charge on any atom is 0.156 e. The number of rotatable bonds is 2. The molecule has 3 rings (SSSR count). The predicted octanol–water partition coefficient (Wildman–Crippen LogP) is 2.13. The second-order valence-electron chi connectivity index (χ2n) is 4.02. The first-order chi connectivity index (χ1) is 8.78. The average molecular weight is 240 g/mol. The van der Waals surface area contributed by atoms with Gasteiger partial charge in [0.2, 0.25) is 0 Å². The number of aromatic nitrogens is 4. The van der Waals surface area contributed by atoms with Crippen molar-refractivity contribution >= 4 is 10.9 Å². The van der Waals surface area contributed by atoms with Gasteiger partial charge in [-0.15, -0.1) is 0 Å². The van der Waals surface area contributed by atoms with E-state index >= 15 is 0 Å². The van der Waals surface area contributed by atoms with Crippen LogP contribution in [0.5, 0.6) is 5.75 Å². The summed E-state index contributed by atoms with van der Waals surface area (Å²) in [5.74, 6) is 1.60. The van der Waals surface area contributed by atoms with Gasteiger partial charge in [0.15, 0.2) is 5.82 Å². The second kappa shape index (κ2) is 4.10. The molecule has 0 saturated carbocycles. The summed E-state index contributed by atoms with van der Waals surface area (Å²) in [4.78, 5) is 8.49. The van der Waals surface area contributed by atoms with E-state index in [0.717, 1.165) is 28.0 Å². The van der Waals surface area contributed by atoms with E-state index in [0.29, 0.717) is 0 Å². The second-order valence-corrected chi connectivity index (χ2v) is 4.02. The van der Waals surface area contributed by atoms with Gasteiger partial charge in [0.1, 0.15) is 18.4 Å². The fourth-order valence-corrected chi connectivity index (χ4v) is 1.93. The number of methoxy groups -OCH3 is 1. The van der Waals surface area contributed by atoms with Crippen molar-refractivity contribution in [2.45, 2.75) is 6.92 Å². The van der Waals surface area contributed by atoms with Crippen molar-refractivity contribution in [3.8, 4) is 11.6 Å². The summed E-state index contributed by atoms with van der Waals surface area (Å²) in [6.45, 7) is 2.05. The Kier molecular flexibility index (Phi) is 2.44. The highest BCUT2D eigenvalue weighted by atomic mass is 16.5. The van der Waals surface area contributed by atoms with Crippen LogP contribution in [0.1, 0.15) is 5.56 Å². The van der Waals surface area contributed by atoms with E-state index in [1.54, 1.807) is 18.1 Å². The van der Waals surface area contributed by atoms with Crippen LogP contribution in [0.3, 0.4) is 0 Å². The number of fused-ring (bicyclic) bond motifs is 1. The molecule has 1 aromatic carbocycles. The van der Waals surface area contributed by atoms with Gasteiger partial charge < -0.3 is 4.74 Å². The lowest BCUT2D eigenvalue weighted by Gasteiger charge is -2.07. The zero-order chi connectivity index (χ0) is 12.5. The van der Waals surface area contributed by atoms with Crippen molar-refractivity contribution in [3.63, 3.8) is 0 Å². The lowest BCUT2D eigenvalue weighted by molar-refractivity contribution is 0.415. The van der Waals surface area contributed by atoms with E-state index in [1.165, 1.54) is 6.33 Å². The van der Waals surface area contributed by atoms with Gasteiger partial charge in [-0.25, -0.2) is 14.6 Å². The molecule has 0 aliphatic heterocycles. The minimum absolute atomic E-state index is 0.766. The highest BCUT2D eigenvalue weighted by molar-refractivity contribution is 5.84. The van der Waals surface area contributed by atoms with Crippen LogP contribution in [-0.2, 0) is 0 Å². The smallest absolute Gasteiger partial charge is 0.156 e. The summed E-state index contributed by atoms with van der Waals surface area (Å²) in [5.41, 5.74) is 2.05. The zero-order valence-electron chi connectivity index (χ0n) is 10.2. The van der Waals surface area contributed by atoms with E-state index in [-0.39, 0.29) is 0 Å². The van der Waals surface area contributed by atoms with Crippen LogP contribution in [-0.4, -0.2) is 26.9 Å². The van der Waals surface area contributed by atoms with E-state index in [1.807, 2.05) is 31.2 Å². The molecule has 0 radical (unpaired) electrons. The quantitative estimate of drug-likeness (QED) is 0.688. The summed E-state index contributed by atoms with van der Waals surface area (Å²) < 4.78 is 6.87. The molecule has 0 saturated heterocycles. The van der Waals surface area contributed by atoms with Crippen LogP contribution in [0.15, 0.2) is 36.9 Å². The van der Waals surface area contributed by atoms with Gasteiger partial charge in [0, 0.05) is 5.39 Å². The molecule has 0 spiro atoms. The maximum atomic E-state index is 5.22. The fourth-order valence-electron chi connectivity index (χ4n) is 1.93. The maximum absolute atomic E-state index is 5.22. The van der Waals surface area contributed by atoms with Gasteiger partial charge in [-0.3, -0.25) is 0 Å². The molecule has 2 aromatic heterocycles. The Bertz CT molecular complexity index is 692. The highest BCUT2D eigenvalue weighted by Gasteiger charge is 2.06. The summed E-state index contributed by atoms with van der Waals surface area (Å²) >= 11 is 0. The number of nitrogens with zero attached hydrogens (tertiary/aromatic N) is 4. The molecule has 90 valence electrons. The van der Waals surface area contributed by atoms with Gasteiger partial charge in [-0.1, -0.05) is 0 Å². The third-order valence-corrected chi connectivity index (χ3v) is 2.86. The molecular formula is C13H12N4O. The zero-order valence-corrected chi connectivity index (χ0v) is 10.2. The van der Waals surface area contributed by atoms with Crippen LogP contribution in [0, 0.1) is 6.92 Å². The van der Waals surface area contributed by atoms with Crippen molar-refractivity contribution < 1.29 is 4.74 Å². The molecule has 0 aliphatic carbocycles. The summed E-state index contributed by atoms with van der Waals surface area (Å²) in [7, 11) is 1.66. The average Bonchev–Trinajstić information content (AvgIpc) is 2.92. The Balaban J connectivity index is 2.22. The molecule has 0 fully saturated rings.